The monoisotopic (exact) mass is 362 g/mol. The van der Waals surface area contributed by atoms with Gasteiger partial charge < -0.3 is 9.84 Å². The second-order valence-electron chi connectivity index (χ2n) is 8.49. The SMILES string of the molecule is COC(=O)[C@@]1(Cc2ccc3c(c2)CCC3)Cc2ccc3c(c2[C@@H]1O)CCC3. The highest BCUT2D eigenvalue weighted by Gasteiger charge is 2.53. The number of aliphatic hydroxyl groups is 1. The highest BCUT2D eigenvalue weighted by Crippen LogP contribution is 2.51. The largest absolute Gasteiger partial charge is 0.468 e. The van der Waals surface area contributed by atoms with Gasteiger partial charge in [-0.1, -0.05) is 30.3 Å². The van der Waals surface area contributed by atoms with Gasteiger partial charge in [-0.15, -0.1) is 0 Å². The molecule has 3 nitrogen and oxygen atoms in total. The van der Waals surface area contributed by atoms with Crippen LogP contribution in [0.25, 0.3) is 0 Å². The van der Waals surface area contributed by atoms with Gasteiger partial charge in [0.2, 0.25) is 0 Å². The number of hydrogen-bond acceptors (Lipinski definition) is 3. The number of aliphatic hydroxyl groups excluding tert-OH is 1. The molecule has 0 saturated heterocycles. The van der Waals surface area contributed by atoms with Crippen LogP contribution in [-0.4, -0.2) is 18.2 Å². The van der Waals surface area contributed by atoms with Crippen LogP contribution in [0.1, 0.15) is 57.9 Å². The molecule has 0 saturated carbocycles. The van der Waals surface area contributed by atoms with Crippen molar-refractivity contribution in [2.75, 3.05) is 7.11 Å². The Morgan fingerprint density at radius 3 is 2.59 bits per heavy atom. The average Bonchev–Trinajstić information content (AvgIpc) is 3.39. The number of benzene rings is 2. The molecule has 0 bridgehead atoms. The van der Waals surface area contributed by atoms with E-state index in [2.05, 4.69) is 30.3 Å². The number of aryl methyl sites for hydroxylation is 3. The van der Waals surface area contributed by atoms with Crippen molar-refractivity contribution in [3.63, 3.8) is 0 Å². The van der Waals surface area contributed by atoms with Gasteiger partial charge >= 0.3 is 5.97 Å². The van der Waals surface area contributed by atoms with Crippen LogP contribution in [0.3, 0.4) is 0 Å². The molecule has 2 atom stereocenters. The fourth-order valence-corrected chi connectivity index (χ4v) is 5.67. The molecule has 0 radical (unpaired) electrons. The van der Waals surface area contributed by atoms with Crippen molar-refractivity contribution >= 4 is 5.97 Å². The zero-order valence-corrected chi connectivity index (χ0v) is 15.9. The summed E-state index contributed by atoms with van der Waals surface area (Å²) in [5.41, 5.74) is 7.79. The first-order chi connectivity index (χ1) is 13.1. The van der Waals surface area contributed by atoms with E-state index >= 15 is 0 Å². The van der Waals surface area contributed by atoms with Crippen LogP contribution in [0.5, 0.6) is 0 Å². The maximum absolute atomic E-state index is 13.0. The van der Waals surface area contributed by atoms with Crippen LogP contribution in [0.2, 0.25) is 0 Å². The molecule has 3 heteroatoms. The third-order valence-electron chi connectivity index (χ3n) is 6.99. The van der Waals surface area contributed by atoms with Crippen molar-refractivity contribution in [1.29, 1.82) is 0 Å². The molecule has 0 spiro atoms. The minimum atomic E-state index is -0.915. The molecule has 5 rings (SSSR count). The van der Waals surface area contributed by atoms with Crippen molar-refractivity contribution in [3.05, 3.63) is 69.3 Å². The summed E-state index contributed by atoms with van der Waals surface area (Å²) >= 11 is 0. The lowest BCUT2D eigenvalue weighted by molar-refractivity contribution is -0.159. The minimum Gasteiger partial charge on any atom is -0.468 e. The van der Waals surface area contributed by atoms with Crippen LogP contribution < -0.4 is 0 Å². The lowest BCUT2D eigenvalue weighted by atomic mass is 9.76. The third kappa shape index (κ3) is 2.48. The summed E-state index contributed by atoms with van der Waals surface area (Å²) in [5, 5.41) is 11.4. The van der Waals surface area contributed by atoms with Crippen LogP contribution in [0.4, 0.5) is 0 Å². The summed E-state index contributed by atoms with van der Waals surface area (Å²) in [4.78, 5) is 13.0. The van der Waals surface area contributed by atoms with Gasteiger partial charge in [-0.2, -0.15) is 0 Å². The summed E-state index contributed by atoms with van der Waals surface area (Å²) < 4.78 is 5.22. The van der Waals surface area contributed by atoms with Crippen molar-refractivity contribution in [2.45, 2.75) is 57.5 Å². The van der Waals surface area contributed by atoms with Gasteiger partial charge in [0.1, 0.15) is 5.41 Å². The molecule has 0 fully saturated rings. The highest BCUT2D eigenvalue weighted by atomic mass is 16.5. The molecular weight excluding hydrogens is 336 g/mol. The first-order valence-electron chi connectivity index (χ1n) is 10.1. The predicted molar refractivity (Wildman–Crippen MR) is 104 cm³/mol. The zero-order valence-electron chi connectivity index (χ0n) is 15.9. The second kappa shape index (κ2) is 6.20. The Labute approximate surface area is 160 Å². The van der Waals surface area contributed by atoms with Gasteiger partial charge in [0, 0.05) is 0 Å². The normalized spacial score (nSPS) is 25.2. The van der Waals surface area contributed by atoms with Crippen molar-refractivity contribution < 1.29 is 14.6 Å². The van der Waals surface area contributed by atoms with Crippen LogP contribution in [0, 0.1) is 5.41 Å². The van der Waals surface area contributed by atoms with Crippen LogP contribution in [-0.2, 0) is 48.1 Å². The summed E-state index contributed by atoms with van der Waals surface area (Å²) in [5.74, 6) is -0.293. The van der Waals surface area contributed by atoms with E-state index in [0.717, 1.165) is 48.8 Å². The molecule has 1 N–H and O–H groups in total. The fraction of sp³-hybridized carbons (Fsp3) is 0.458. The highest BCUT2D eigenvalue weighted by molar-refractivity contribution is 5.81. The van der Waals surface area contributed by atoms with Gasteiger partial charge in [-0.3, -0.25) is 4.79 Å². The third-order valence-corrected chi connectivity index (χ3v) is 6.99. The van der Waals surface area contributed by atoms with E-state index in [0.29, 0.717) is 12.8 Å². The lowest BCUT2D eigenvalue weighted by Crippen LogP contribution is -2.39. The van der Waals surface area contributed by atoms with Crippen molar-refractivity contribution in [3.8, 4) is 0 Å². The molecular formula is C24H26O3. The van der Waals surface area contributed by atoms with Gasteiger partial charge in [0.25, 0.3) is 0 Å². The Kier molecular flexibility index (Phi) is 3.90. The maximum atomic E-state index is 13.0. The smallest absolute Gasteiger partial charge is 0.315 e. The number of esters is 1. The average molecular weight is 362 g/mol. The standard InChI is InChI=1S/C24H26O3/c1-27-23(26)24(13-15-8-9-16-4-2-6-18(16)12-15)14-19-11-10-17-5-3-7-20(17)21(19)22(24)25/h8-12,22,25H,2-7,13-14H2,1H3/t22-,24-/m0/s1. The van der Waals surface area contributed by atoms with Crippen LogP contribution >= 0.6 is 0 Å². The Morgan fingerprint density at radius 2 is 1.74 bits per heavy atom. The molecule has 3 aliphatic rings. The number of fused-ring (bicyclic) bond motifs is 4. The van der Waals surface area contributed by atoms with Gasteiger partial charge in [0.15, 0.2) is 0 Å². The van der Waals surface area contributed by atoms with E-state index in [1.165, 1.54) is 35.8 Å². The van der Waals surface area contributed by atoms with E-state index in [9.17, 15) is 9.90 Å². The first kappa shape index (κ1) is 17.0. The summed E-state index contributed by atoms with van der Waals surface area (Å²) in [6.45, 7) is 0. The number of hydrogen-bond donors (Lipinski definition) is 1. The minimum absolute atomic E-state index is 0.293. The van der Waals surface area contributed by atoms with E-state index in [1.807, 2.05) is 0 Å². The molecule has 2 aromatic carbocycles. The molecule has 0 amide bonds. The molecule has 0 heterocycles. The van der Waals surface area contributed by atoms with Gasteiger partial charge in [-0.05, 0) is 90.3 Å². The van der Waals surface area contributed by atoms with Gasteiger partial charge in [0.05, 0.1) is 13.2 Å². The molecule has 3 aliphatic carbocycles. The Balaban J connectivity index is 1.57. The van der Waals surface area contributed by atoms with Crippen molar-refractivity contribution in [2.24, 2.45) is 5.41 Å². The van der Waals surface area contributed by atoms with Crippen molar-refractivity contribution in [1.82, 2.24) is 0 Å². The number of carbonyl (C=O) groups excluding carboxylic acids is 1. The van der Waals surface area contributed by atoms with Gasteiger partial charge in [-0.25, -0.2) is 0 Å². The summed E-state index contributed by atoms with van der Waals surface area (Å²) in [6, 6.07) is 10.9. The zero-order chi connectivity index (χ0) is 18.6. The molecule has 27 heavy (non-hydrogen) atoms. The first-order valence-corrected chi connectivity index (χ1v) is 10.1. The number of rotatable bonds is 3. The van der Waals surface area contributed by atoms with E-state index in [-0.39, 0.29) is 5.97 Å². The number of carbonyl (C=O) groups is 1. The second-order valence-corrected chi connectivity index (χ2v) is 8.49. The Morgan fingerprint density at radius 1 is 1.04 bits per heavy atom. The molecule has 0 aromatic heterocycles. The predicted octanol–water partition coefficient (Wildman–Crippen LogP) is 3.66. The fourth-order valence-electron chi connectivity index (χ4n) is 5.67. The summed E-state index contributed by atoms with van der Waals surface area (Å²) in [6.07, 6.45) is 6.98. The topological polar surface area (TPSA) is 46.5 Å². The molecule has 0 aliphatic heterocycles. The maximum Gasteiger partial charge on any atom is 0.315 e. The Bertz CT molecular complexity index is 929. The lowest BCUT2D eigenvalue weighted by Gasteiger charge is -2.30. The number of methoxy groups -OCH3 is 1. The van der Waals surface area contributed by atoms with E-state index in [4.69, 9.17) is 4.74 Å². The molecule has 2 aromatic rings. The quantitative estimate of drug-likeness (QED) is 0.848. The van der Waals surface area contributed by atoms with E-state index in [1.54, 1.807) is 0 Å². The molecule has 0 unspecified atom stereocenters. The van der Waals surface area contributed by atoms with E-state index < -0.39 is 11.5 Å². The number of ether oxygens (including phenoxy) is 1. The molecule has 140 valence electrons. The van der Waals surface area contributed by atoms with Crippen LogP contribution in [0.15, 0.2) is 30.3 Å². The Hall–Kier alpha value is -2.13. The summed E-state index contributed by atoms with van der Waals surface area (Å²) in [7, 11) is 1.44.